The van der Waals surface area contributed by atoms with E-state index >= 15 is 0 Å². The second-order valence-corrected chi connectivity index (χ2v) is 11.0. The molecule has 0 aromatic heterocycles. The maximum atomic E-state index is 13.5. The number of hydrogen-bond donors (Lipinski definition) is 4. The molecular formula is C32H43ClN4O5. The molecule has 1 saturated carbocycles. The summed E-state index contributed by atoms with van der Waals surface area (Å²) < 4.78 is 5.98. The number of hydrogen-bond acceptors (Lipinski definition) is 6. The van der Waals surface area contributed by atoms with E-state index in [4.69, 9.17) is 16.3 Å². The predicted octanol–water partition coefficient (Wildman–Crippen LogP) is 3.33. The Bertz CT molecular complexity index is 1160. The third kappa shape index (κ3) is 10.5. The van der Waals surface area contributed by atoms with E-state index in [0.29, 0.717) is 13.2 Å². The smallest absolute Gasteiger partial charge is 0.245 e. The van der Waals surface area contributed by atoms with Crippen LogP contribution in [0, 0.1) is 12.8 Å². The molecule has 0 saturated heterocycles. The van der Waals surface area contributed by atoms with Crippen molar-refractivity contribution < 1.29 is 24.2 Å². The molecule has 2 aromatic carbocycles. The SMILES string of the molecule is CN1C(=O)C(C2CCCCC2)NCCOc2ccccc2/C=C/CNC(=O)CNC(=O)C1CO.Cc1ccc(Cl)cc1. The van der Waals surface area contributed by atoms with Crippen LogP contribution in [-0.4, -0.2) is 79.7 Å². The van der Waals surface area contributed by atoms with E-state index in [1.807, 2.05) is 67.6 Å². The molecule has 0 radical (unpaired) electrons. The molecule has 4 N–H and O–H groups in total. The second kappa shape index (κ2) is 17.5. The summed E-state index contributed by atoms with van der Waals surface area (Å²) in [4.78, 5) is 39.5. The highest BCUT2D eigenvalue weighted by atomic mass is 35.5. The minimum absolute atomic E-state index is 0.151. The average molecular weight is 599 g/mol. The van der Waals surface area contributed by atoms with Gasteiger partial charge in [-0.05, 0) is 43.9 Å². The Kier molecular flexibility index (Phi) is 13.8. The Hall–Kier alpha value is -3.40. The Morgan fingerprint density at radius 1 is 1.00 bits per heavy atom. The number of carbonyl (C=O) groups is 3. The largest absolute Gasteiger partial charge is 0.492 e. The van der Waals surface area contributed by atoms with Crippen molar-refractivity contribution in [2.45, 2.75) is 51.1 Å². The third-order valence-corrected chi connectivity index (χ3v) is 7.72. The van der Waals surface area contributed by atoms with Crippen LogP contribution in [0.5, 0.6) is 5.75 Å². The summed E-state index contributed by atoms with van der Waals surface area (Å²) in [5, 5.41) is 19.3. The van der Waals surface area contributed by atoms with Crippen LogP contribution in [-0.2, 0) is 14.4 Å². The molecular weight excluding hydrogens is 556 g/mol. The van der Waals surface area contributed by atoms with Crippen LogP contribution in [0.2, 0.25) is 5.02 Å². The Labute approximate surface area is 253 Å². The van der Waals surface area contributed by atoms with Crippen molar-refractivity contribution in [3.63, 3.8) is 0 Å². The van der Waals surface area contributed by atoms with Crippen molar-refractivity contribution in [1.29, 1.82) is 0 Å². The van der Waals surface area contributed by atoms with Crippen LogP contribution in [0.15, 0.2) is 54.6 Å². The van der Waals surface area contributed by atoms with Crippen molar-refractivity contribution in [3.8, 4) is 5.75 Å². The first kappa shape index (κ1) is 33.1. The molecule has 4 rings (SSSR count). The highest BCUT2D eigenvalue weighted by Crippen LogP contribution is 2.28. The van der Waals surface area contributed by atoms with E-state index in [2.05, 4.69) is 16.0 Å². The minimum Gasteiger partial charge on any atom is -0.492 e. The maximum absolute atomic E-state index is 13.5. The zero-order chi connectivity index (χ0) is 30.3. The van der Waals surface area contributed by atoms with Crippen molar-refractivity contribution in [2.75, 3.05) is 39.9 Å². The van der Waals surface area contributed by atoms with Crippen molar-refractivity contribution in [1.82, 2.24) is 20.9 Å². The number of aryl methyl sites for hydroxylation is 1. The number of aliphatic hydroxyl groups is 1. The number of fused-ring (bicyclic) bond motifs is 1. The van der Waals surface area contributed by atoms with Gasteiger partial charge in [0.2, 0.25) is 17.7 Å². The number of carbonyl (C=O) groups excluding carboxylic acids is 3. The van der Waals surface area contributed by atoms with E-state index in [9.17, 15) is 19.5 Å². The molecule has 1 fully saturated rings. The summed E-state index contributed by atoms with van der Waals surface area (Å²) in [5.41, 5.74) is 2.13. The van der Waals surface area contributed by atoms with E-state index < -0.39 is 24.6 Å². The molecule has 42 heavy (non-hydrogen) atoms. The normalized spacial score (nSPS) is 22.2. The van der Waals surface area contributed by atoms with E-state index in [-0.39, 0.29) is 30.8 Å². The lowest BCUT2D eigenvalue weighted by atomic mass is 9.83. The summed E-state index contributed by atoms with van der Waals surface area (Å²) in [7, 11) is 1.52. The zero-order valence-electron chi connectivity index (χ0n) is 24.5. The molecule has 1 aliphatic carbocycles. The number of benzene rings is 2. The highest BCUT2D eigenvalue weighted by molar-refractivity contribution is 6.30. The number of halogens is 1. The topological polar surface area (TPSA) is 120 Å². The molecule has 2 atom stereocenters. The predicted molar refractivity (Wildman–Crippen MR) is 165 cm³/mol. The van der Waals surface area contributed by atoms with Crippen LogP contribution >= 0.6 is 11.6 Å². The van der Waals surface area contributed by atoms with Gasteiger partial charge in [0.15, 0.2) is 0 Å². The molecule has 2 aliphatic rings. The molecule has 0 spiro atoms. The summed E-state index contributed by atoms with van der Waals surface area (Å²) in [6.07, 6.45) is 8.83. The second-order valence-electron chi connectivity index (χ2n) is 10.6. The van der Waals surface area contributed by atoms with E-state index in [1.54, 1.807) is 0 Å². The Balaban J connectivity index is 0.000000521. The molecule has 9 nitrogen and oxygen atoms in total. The van der Waals surface area contributed by atoms with Crippen LogP contribution in [0.1, 0.15) is 43.2 Å². The van der Waals surface area contributed by atoms with Gasteiger partial charge >= 0.3 is 0 Å². The van der Waals surface area contributed by atoms with E-state index in [0.717, 1.165) is 48.4 Å². The fraction of sp³-hybridized carbons (Fsp3) is 0.469. The van der Waals surface area contributed by atoms with Crippen molar-refractivity contribution in [3.05, 3.63) is 70.8 Å². The molecule has 1 heterocycles. The number of para-hydroxylation sites is 1. The van der Waals surface area contributed by atoms with Crippen LogP contribution in [0.4, 0.5) is 0 Å². The van der Waals surface area contributed by atoms with Crippen LogP contribution in [0.3, 0.4) is 0 Å². The summed E-state index contributed by atoms with van der Waals surface area (Å²) in [5.74, 6) is -0.299. The van der Waals surface area contributed by atoms with Gasteiger partial charge < -0.3 is 30.7 Å². The average Bonchev–Trinajstić information content (AvgIpc) is 3.00. The first-order chi connectivity index (χ1) is 20.3. The number of likely N-dealkylation sites (N-methyl/N-ethyl adjacent to an activating group) is 1. The number of nitrogens with zero attached hydrogens (tertiary/aromatic N) is 1. The fourth-order valence-corrected chi connectivity index (χ4v) is 5.17. The number of nitrogens with one attached hydrogen (secondary N) is 3. The van der Waals surface area contributed by atoms with Gasteiger partial charge in [0.25, 0.3) is 0 Å². The highest BCUT2D eigenvalue weighted by Gasteiger charge is 2.35. The first-order valence-corrected chi connectivity index (χ1v) is 14.9. The molecule has 0 bridgehead atoms. The summed E-state index contributed by atoms with van der Waals surface area (Å²) >= 11 is 5.61. The Morgan fingerprint density at radius 3 is 2.40 bits per heavy atom. The number of rotatable bonds is 2. The van der Waals surface area contributed by atoms with E-state index in [1.165, 1.54) is 17.5 Å². The maximum Gasteiger partial charge on any atom is 0.245 e. The first-order valence-electron chi connectivity index (χ1n) is 14.6. The van der Waals surface area contributed by atoms with Crippen LogP contribution in [0.25, 0.3) is 6.08 Å². The van der Waals surface area contributed by atoms with Gasteiger partial charge in [-0.15, -0.1) is 0 Å². The number of ether oxygens (including phenoxy) is 1. The van der Waals surface area contributed by atoms with Crippen molar-refractivity contribution >= 4 is 35.4 Å². The van der Waals surface area contributed by atoms with Gasteiger partial charge in [0.1, 0.15) is 18.4 Å². The van der Waals surface area contributed by atoms with Gasteiger partial charge in [-0.25, -0.2) is 0 Å². The lowest BCUT2D eigenvalue weighted by Gasteiger charge is -2.35. The number of amides is 3. The van der Waals surface area contributed by atoms with Gasteiger partial charge in [-0.2, -0.15) is 0 Å². The molecule has 2 aromatic rings. The molecule has 2 unspecified atom stereocenters. The Morgan fingerprint density at radius 2 is 1.71 bits per heavy atom. The number of aliphatic hydroxyl groups excluding tert-OH is 1. The molecule has 10 heteroatoms. The summed E-state index contributed by atoms with van der Waals surface area (Å²) in [6, 6.07) is 13.8. The summed E-state index contributed by atoms with van der Waals surface area (Å²) in [6.45, 7) is 2.38. The zero-order valence-corrected chi connectivity index (χ0v) is 25.2. The van der Waals surface area contributed by atoms with Gasteiger partial charge in [-0.3, -0.25) is 14.4 Å². The van der Waals surface area contributed by atoms with Crippen LogP contribution < -0.4 is 20.7 Å². The van der Waals surface area contributed by atoms with Crippen molar-refractivity contribution in [2.24, 2.45) is 5.92 Å². The van der Waals surface area contributed by atoms with Gasteiger partial charge in [-0.1, -0.05) is 78.9 Å². The van der Waals surface area contributed by atoms with Gasteiger partial charge in [0, 0.05) is 30.7 Å². The third-order valence-electron chi connectivity index (χ3n) is 7.47. The molecule has 1 aliphatic heterocycles. The quantitative estimate of drug-likeness (QED) is 0.421. The van der Waals surface area contributed by atoms with Gasteiger partial charge in [0.05, 0.1) is 19.2 Å². The lowest BCUT2D eigenvalue weighted by Crippen LogP contribution is -2.57. The fourth-order valence-electron chi connectivity index (χ4n) is 5.04. The standard InChI is InChI=1S/C25H36N4O5.C7H7Cl/c1-29-20(17-30)24(32)28-16-22(31)26-13-7-11-18-8-5-6-12-21(18)34-15-14-27-23(25(29)33)19-9-3-2-4-10-19;1-6-2-4-7(8)5-3-6/h5-8,11-12,19-20,23,27,30H,2-4,9-10,13-17H2,1H3,(H,26,31)(H,28,32);2-5H,1H3/b11-7+;. The minimum atomic E-state index is -1.07. The lowest BCUT2D eigenvalue weighted by molar-refractivity contribution is -0.143. The molecule has 228 valence electrons. The monoisotopic (exact) mass is 598 g/mol. The molecule has 3 amide bonds.